The second kappa shape index (κ2) is 8.11. The van der Waals surface area contributed by atoms with Crippen molar-refractivity contribution >= 4 is 5.91 Å². The molecular formula is C18H22FN3O3. The predicted molar refractivity (Wildman–Crippen MR) is 90.0 cm³/mol. The molecule has 1 saturated heterocycles. The van der Waals surface area contributed by atoms with Gasteiger partial charge in [0, 0.05) is 24.7 Å². The zero-order valence-corrected chi connectivity index (χ0v) is 14.1. The van der Waals surface area contributed by atoms with E-state index in [9.17, 15) is 9.18 Å². The second-order valence-corrected chi connectivity index (χ2v) is 6.32. The number of nitrogens with one attached hydrogen (secondary N) is 2. The normalized spacial score (nSPS) is 20.2. The number of carbonyl (C=O) groups is 1. The maximum Gasteiger partial charge on any atom is 0.254 e. The molecule has 1 aliphatic heterocycles. The van der Waals surface area contributed by atoms with E-state index in [1.807, 2.05) is 0 Å². The van der Waals surface area contributed by atoms with Crippen molar-refractivity contribution < 1.29 is 18.7 Å². The van der Waals surface area contributed by atoms with E-state index in [0.717, 1.165) is 12.8 Å². The second-order valence-electron chi connectivity index (χ2n) is 6.32. The van der Waals surface area contributed by atoms with Crippen LogP contribution in [0.4, 0.5) is 4.39 Å². The Hall–Kier alpha value is -2.41. The lowest BCUT2D eigenvalue weighted by Crippen LogP contribution is -2.38. The van der Waals surface area contributed by atoms with Crippen LogP contribution >= 0.6 is 0 Å². The Labute approximate surface area is 145 Å². The largest absolute Gasteiger partial charge is 0.493 e. The van der Waals surface area contributed by atoms with Gasteiger partial charge in [-0.25, -0.2) is 4.39 Å². The number of aromatic amines is 1. The van der Waals surface area contributed by atoms with Gasteiger partial charge in [-0.2, -0.15) is 5.10 Å². The third-order valence-electron chi connectivity index (χ3n) is 4.34. The van der Waals surface area contributed by atoms with Crippen LogP contribution in [0.15, 0.2) is 30.6 Å². The summed E-state index contributed by atoms with van der Waals surface area (Å²) < 4.78 is 25.0. The number of amides is 1. The van der Waals surface area contributed by atoms with Gasteiger partial charge in [0.25, 0.3) is 5.91 Å². The summed E-state index contributed by atoms with van der Waals surface area (Å²) in [4.78, 5) is 11.8. The molecule has 2 aromatic rings. The monoisotopic (exact) mass is 347 g/mol. The third-order valence-corrected chi connectivity index (χ3v) is 4.34. The van der Waals surface area contributed by atoms with Crippen LogP contribution in [0.3, 0.4) is 0 Å². The molecule has 3 rings (SSSR count). The Kier molecular flexibility index (Phi) is 5.65. The fourth-order valence-electron chi connectivity index (χ4n) is 2.71. The Bertz CT molecular complexity index is 698. The molecule has 6 nitrogen and oxygen atoms in total. The summed E-state index contributed by atoms with van der Waals surface area (Å²) >= 11 is 0. The molecule has 7 heteroatoms. The summed E-state index contributed by atoms with van der Waals surface area (Å²) in [5, 5.41) is 9.20. The van der Waals surface area contributed by atoms with Crippen LogP contribution < -0.4 is 10.1 Å². The number of H-pyrrole nitrogens is 1. The number of rotatable bonds is 6. The molecule has 0 bridgehead atoms. The first-order valence-corrected chi connectivity index (χ1v) is 8.39. The molecule has 0 spiro atoms. The first kappa shape index (κ1) is 17.4. The van der Waals surface area contributed by atoms with Gasteiger partial charge >= 0.3 is 0 Å². The van der Waals surface area contributed by atoms with Crippen LogP contribution in [-0.2, 0) is 4.74 Å². The fourth-order valence-corrected chi connectivity index (χ4v) is 2.71. The van der Waals surface area contributed by atoms with Crippen molar-refractivity contribution in [1.82, 2.24) is 15.5 Å². The maximum atomic E-state index is 13.5. The summed E-state index contributed by atoms with van der Waals surface area (Å²) in [6, 6.07) is 4.89. The van der Waals surface area contributed by atoms with Gasteiger partial charge in [-0.1, -0.05) is 6.07 Å². The SMILES string of the molecule is Cc1ccc(OC[C@@H]2CC[C@H](CNC(=O)c3cn[nH]c3)OC2)cc1F. The van der Waals surface area contributed by atoms with E-state index in [-0.39, 0.29) is 23.7 Å². The summed E-state index contributed by atoms with van der Waals surface area (Å²) in [5.41, 5.74) is 1.11. The zero-order valence-electron chi connectivity index (χ0n) is 14.1. The molecule has 1 fully saturated rings. The molecule has 134 valence electrons. The molecule has 0 radical (unpaired) electrons. The molecule has 2 heterocycles. The molecule has 1 aliphatic rings. The lowest BCUT2D eigenvalue weighted by Gasteiger charge is -2.29. The average Bonchev–Trinajstić information content (AvgIpc) is 3.16. The van der Waals surface area contributed by atoms with E-state index in [1.165, 1.54) is 12.3 Å². The van der Waals surface area contributed by atoms with Crippen LogP contribution in [0.5, 0.6) is 5.75 Å². The van der Waals surface area contributed by atoms with Crippen molar-refractivity contribution in [2.24, 2.45) is 5.92 Å². The van der Waals surface area contributed by atoms with E-state index in [0.29, 0.717) is 36.6 Å². The summed E-state index contributed by atoms with van der Waals surface area (Å²) in [6.45, 7) is 3.26. The number of nitrogens with zero attached hydrogens (tertiary/aromatic N) is 1. The number of ether oxygens (including phenoxy) is 2. The topological polar surface area (TPSA) is 76.2 Å². The Morgan fingerprint density at radius 2 is 2.36 bits per heavy atom. The summed E-state index contributed by atoms with van der Waals surface area (Å²) in [7, 11) is 0. The van der Waals surface area contributed by atoms with Gasteiger partial charge in [0.15, 0.2) is 0 Å². The smallest absolute Gasteiger partial charge is 0.254 e. The molecule has 1 aromatic carbocycles. The first-order valence-electron chi connectivity index (χ1n) is 8.39. The summed E-state index contributed by atoms with van der Waals surface area (Å²) in [5.74, 6) is 0.387. The highest BCUT2D eigenvalue weighted by Gasteiger charge is 2.23. The fraction of sp³-hybridized carbons (Fsp3) is 0.444. The minimum absolute atomic E-state index is 0.00363. The standard InChI is InChI=1S/C18H22FN3O3/c1-12-2-4-15(6-17(12)19)24-10-13-3-5-16(25-11-13)9-20-18(23)14-7-21-22-8-14/h2,4,6-8,13,16H,3,5,9-11H2,1H3,(H,20,23)(H,21,22)/t13-,16+/m0/s1. The number of benzene rings is 1. The Morgan fingerprint density at radius 1 is 1.48 bits per heavy atom. The lowest BCUT2D eigenvalue weighted by atomic mass is 9.99. The number of aryl methyl sites for hydroxylation is 1. The molecule has 2 N–H and O–H groups in total. The maximum absolute atomic E-state index is 13.5. The van der Waals surface area contributed by atoms with E-state index in [1.54, 1.807) is 25.3 Å². The van der Waals surface area contributed by atoms with Crippen LogP contribution in [0.2, 0.25) is 0 Å². The van der Waals surface area contributed by atoms with Gasteiger partial charge in [-0.15, -0.1) is 0 Å². The molecular weight excluding hydrogens is 325 g/mol. The van der Waals surface area contributed by atoms with Crippen molar-refractivity contribution in [3.63, 3.8) is 0 Å². The van der Waals surface area contributed by atoms with Gasteiger partial charge < -0.3 is 14.8 Å². The van der Waals surface area contributed by atoms with Crippen molar-refractivity contribution in [2.45, 2.75) is 25.9 Å². The van der Waals surface area contributed by atoms with E-state index >= 15 is 0 Å². The molecule has 1 aromatic heterocycles. The molecule has 25 heavy (non-hydrogen) atoms. The molecule has 1 amide bonds. The van der Waals surface area contributed by atoms with Crippen LogP contribution in [-0.4, -0.2) is 42.0 Å². The Morgan fingerprint density at radius 3 is 3.04 bits per heavy atom. The number of halogens is 1. The quantitative estimate of drug-likeness (QED) is 0.842. The van der Waals surface area contributed by atoms with Crippen LogP contribution in [0.25, 0.3) is 0 Å². The van der Waals surface area contributed by atoms with Crippen molar-refractivity contribution in [2.75, 3.05) is 19.8 Å². The molecule has 2 atom stereocenters. The minimum Gasteiger partial charge on any atom is -0.493 e. The molecule has 0 saturated carbocycles. The minimum atomic E-state index is -0.258. The third kappa shape index (κ3) is 4.79. The van der Waals surface area contributed by atoms with Crippen LogP contribution in [0.1, 0.15) is 28.8 Å². The molecule has 0 aliphatic carbocycles. The van der Waals surface area contributed by atoms with Gasteiger partial charge in [-0.3, -0.25) is 9.89 Å². The van der Waals surface area contributed by atoms with E-state index < -0.39 is 0 Å². The first-order chi connectivity index (χ1) is 12.1. The number of aromatic nitrogens is 2. The number of hydrogen-bond acceptors (Lipinski definition) is 4. The van der Waals surface area contributed by atoms with Crippen molar-refractivity contribution in [3.8, 4) is 5.75 Å². The van der Waals surface area contributed by atoms with E-state index in [2.05, 4.69) is 15.5 Å². The molecule has 0 unspecified atom stereocenters. The van der Waals surface area contributed by atoms with Gasteiger partial charge in [-0.05, 0) is 31.4 Å². The van der Waals surface area contributed by atoms with Gasteiger partial charge in [0.2, 0.25) is 0 Å². The van der Waals surface area contributed by atoms with Gasteiger partial charge in [0.1, 0.15) is 11.6 Å². The van der Waals surface area contributed by atoms with Crippen molar-refractivity contribution in [3.05, 3.63) is 47.5 Å². The highest BCUT2D eigenvalue weighted by atomic mass is 19.1. The predicted octanol–water partition coefficient (Wildman–Crippen LogP) is 2.46. The van der Waals surface area contributed by atoms with Crippen LogP contribution in [0, 0.1) is 18.7 Å². The van der Waals surface area contributed by atoms with E-state index in [4.69, 9.17) is 9.47 Å². The average molecular weight is 347 g/mol. The highest BCUT2D eigenvalue weighted by Crippen LogP contribution is 2.21. The van der Waals surface area contributed by atoms with Gasteiger partial charge in [0.05, 0.1) is 31.1 Å². The lowest BCUT2D eigenvalue weighted by molar-refractivity contribution is -0.0251. The Balaban J connectivity index is 1.37. The zero-order chi connectivity index (χ0) is 17.6. The summed E-state index contributed by atoms with van der Waals surface area (Å²) in [6.07, 6.45) is 4.84. The number of carbonyl (C=O) groups excluding carboxylic acids is 1. The van der Waals surface area contributed by atoms with Crippen molar-refractivity contribution in [1.29, 1.82) is 0 Å². The highest BCUT2D eigenvalue weighted by molar-refractivity contribution is 5.93. The number of hydrogen-bond donors (Lipinski definition) is 2.